The minimum atomic E-state index is -4.77. The van der Waals surface area contributed by atoms with Crippen molar-refractivity contribution < 1.29 is 22.0 Å². The van der Waals surface area contributed by atoms with E-state index in [4.69, 9.17) is 11.6 Å². The van der Waals surface area contributed by atoms with E-state index in [-0.39, 0.29) is 30.5 Å². The Bertz CT molecular complexity index is 466. The number of alkyl halides is 3. The molecule has 0 saturated carbocycles. The first-order chi connectivity index (χ1) is 9.30. The van der Waals surface area contributed by atoms with E-state index in [2.05, 4.69) is 5.32 Å². The number of halogens is 7. The maximum absolute atomic E-state index is 13.8. The van der Waals surface area contributed by atoms with Crippen LogP contribution in [0.15, 0.2) is 12.1 Å². The summed E-state index contributed by atoms with van der Waals surface area (Å²) in [4.78, 5) is 1.02. The number of hydrogen-bond acceptors (Lipinski definition) is 2. The van der Waals surface area contributed by atoms with Crippen LogP contribution in [0.5, 0.6) is 0 Å². The molecule has 0 radical (unpaired) electrons. The van der Waals surface area contributed by atoms with E-state index in [1.807, 2.05) is 0 Å². The van der Waals surface area contributed by atoms with Gasteiger partial charge in [0, 0.05) is 36.8 Å². The van der Waals surface area contributed by atoms with E-state index < -0.39 is 29.4 Å². The molecule has 1 saturated heterocycles. The first-order valence-corrected chi connectivity index (χ1v) is 6.34. The molecule has 1 N–H and O–H groups in total. The summed E-state index contributed by atoms with van der Waals surface area (Å²) in [6.07, 6.45) is -4.77. The second-order valence-corrected chi connectivity index (χ2v) is 4.95. The van der Waals surface area contributed by atoms with Gasteiger partial charge >= 0.3 is 6.18 Å². The van der Waals surface area contributed by atoms with Crippen molar-refractivity contribution >= 4 is 24.0 Å². The van der Waals surface area contributed by atoms with Gasteiger partial charge in [-0.3, -0.25) is 4.90 Å². The topological polar surface area (TPSA) is 15.3 Å². The molecule has 0 bridgehead atoms. The van der Waals surface area contributed by atoms with E-state index in [0.717, 1.165) is 4.90 Å². The van der Waals surface area contributed by atoms with E-state index in [0.29, 0.717) is 25.2 Å². The Balaban J connectivity index is 0.00000220. The summed E-state index contributed by atoms with van der Waals surface area (Å²) in [5.74, 6) is -2.56. The van der Waals surface area contributed by atoms with Gasteiger partial charge in [-0.05, 0) is 12.1 Å². The smallest absolute Gasteiger partial charge is 0.314 e. The first kappa shape index (κ1) is 18.4. The molecule has 21 heavy (non-hydrogen) atoms. The monoisotopic (exact) mass is 350 g/mol. The maximum Gasteiger partial charge on any atom is 0.408 e. The van der Waals surface area contributed by atoms with Crippen LogP contribution in [0.1, 0.15) is 11.6 Å². The van der Waals surface area contributed by atoms with E-state index in [9.17, 15) is 22.0 Å². The molecule has 0 spiro atoms. The molecule has 1 atom stereocenters. The molecular weight excluding hydrogens is 338 g/mol. The fourth-order valence-electron chi connectivity index (χ4n) is 2.31. The second-order valence-electron chi connectivity index (χ2n) is 4.51. The number of nitrogens with one attached hydrogen (secondary N) is 1. The van der Waals surface area contributed by atoms with Crippen LogP contribution < -0.4 is 5.32 Å². The summed E-state index contributed by atoms with van der Waals surface area (Å²) < 4.78 is 67.2. The van der Waals surface area contributed by atoms with Crippen LogP contribution in [-0.4, -0.2) is 37.3 Å². The Kier molecular flexibility index (Phi) is 6.22. The van der Waals surface area contributed by atoms with Gasteiger partial charge < -0.3 is 5.32 Å². The highest BCUT2D eigenvalue weighted by Gasteiger charge is 2.47. The molecule has 0 unspecified atom stereocenters. The van der Waals surface area contributed by atoms with Crippen LogP contribution in [0.2, 0.25) is 5.02 Å². The lowest BCUT2D eigenvalue weighted by molar-refractivity contribution is -0.189. The van der Waals surface area contributed by atoms with E-state index >= 15 is 0 Å². The van der Waals surface area contributed by atoms with Crippen LogP contribution >= 0.6 is 24.0 Å². The van der Waals surface area contributed by atoms with Gasteiger partial charge in [0.2, 0.25) is 0 Å². The molecule has 120 valence electrons. The summed E-state index contributed by atoms with van der Waals surface area (Å²) in [6, 6.07) is -0.913. The van der Waals surface area contributed by atoms with Crippen LogP contribution in [0, 0.1) is 11.6 Å². The van der Waals surface area contributed by atoms with Gasteiger partial charge in [0.1, 0.15) is 17.7 Å². The van der Waals surface area contributed by atoms with Crippen LogP contribution in [0.25, 0.3) is 0 Å². The number of hydrogen-bond donors (Lipinski definition) is 1. The van der Waals surface area contributed by atoms with E-state index in [1.54, 1.807) is 0 Å². The van der Waals surface area contributed by atoms with Crippen molar-refractivity contribution in [2.45, 2.75) is 12.2 Å². The number of nitrogens with zero attached hydrogens (tertiary/aromatic N) is 1. The maximum atomic E-state index is 13.8. The normalized spacial score (nSPS) is 18.2. The van der Waals surface area contributed by atoms with Gasteiger partial charge in [0.05, 0.1) is 0 Å². The lowest BCUT2D eigenvalue weighted by Gasteiger charge is -2.36. The first-order valence-electron chi connectivity index (χ1n) is 5.96. The van der Waals surface area contributed by atoms with Gasteiger partial charge in [0.25, 0.3) is 0 Å². The van der Waals surface area contributed by atoms with Crippen molar-refractivity contribution in [3.05, 3.63) is 34.4 Å². The summed E-state index contributed by atoms with van der Waals surface area (Å²) in [6.45, 7) is 0.796. The van der Waals surface area contributed by atoms with Crippen molar-refractivity contribution in [2.75, 3.05) is 26.2 Å². The average molecular weight is 351 g/mol. The molecule has 1 fully saturated rings. The molecule has 1 aromatic rings. The third kappa shape index (κ3) is 4.18. The molecule has 0 amide bonds. The average Bonchev–Trinajstić information content (AvgIpc) is 2.33. The van der Waals surface area contributed by atoms with Gasteiger partial charge in [-0.2, -0.15) is 13.2 Å². The summed E-state index contributed by atoms with van der Waals surface area (Å²) in [5.41, 5.74) is -0.996. The number of rotatable bonds is 2. The summed E-state index contributed by atoms with van der Waals surface area (Å²) in [5, 5.41) is 2.62. The number of piperazine rings is 1. The zero-order chi connectivity index (χ0) is 14.9. The third-order valence-corrected chi connectivity index (χ3v) is 3.36. The molecule has 0 aromatic heterocycles. The Labute approximate surface area is 129 Å². The van der Waals surface area contributed by atoms with Gasteiger partial charge in [-0.1, -0.05) is 11.6 Å². The molecule has 2 nitrogen and oxygen atoms in total. The third-order valence-electron chi connectivity index (χ3n) is 3.14. The fourth-order valence-corrected chi connectivity index (χ4v) is 2.50. The minimum absolute atomic E-state index is 0. The standard InChI is InChI=1S/C12H12ClF5N2.ClH/c13-7-5-8(14)10(9(15)6-7)11(12(16,17)18)20-3-1-19-2-4-20;/h5-6,11,19H,1-4H2;1H/t11-;/m1./s1. The Morgan fingerprint density at radius 1 is 1.10 bits per heavy atom. The Morgan fingerprint density at radius 2 is 1.57 bits per heavy atom. The molecule has 2 rings (SSSR count). The zero-order valence-electron chi connectivity index (χ0n) is 10.7. The predicted molar refractivity (Wildman–Crippen MR) is 71.9 cm³/mol. The second kappa shape index (κ2) is 7.09. The predicted octanol–water partition coefficient (Wildman–Crippen LogP) is 3.55. The van der Waals surface area contributed by atoms with Crippen molar-refractivity contribution in [1.82, 2.24) is 10.2 Å². The van der Waals surface area contributed by atoms with Crippen molar-refractivity contribution in [3.63, 3.8) is 0 Å². The molecular formula is C12H13Cl2F5N2. The molecule has 1 aliphatic heterocycles. The van der Waals surface area contributed by atoms with Crippen LogP contribution in [-0.2, 0) is 0 Å². The van der Waals surface area contributed by atoms with Gasteiger partial charge in [0.15, 0.2) is 0 Å². The van der Waals surface area contributed by atoms with Crippen LogP contribution in [0.3, 0.4) is 0 Å². The van der Waals surface area contributed by atoms with Crippen molar-refractivity contribution in [2.24, 2.45) is 0 Å². The highest BCUT2D eigenvalue weighted by Crippen LogP contribution is 2.40. The quantitative estimate of drug-likeness (QED) is 0.820. The van der Waals surface area contributed by atoms with Crippen molar-refractivity contribution in [1.29, 1.82) is 0 Å². The summed E-state index contributed by atoms with van der Waals surface area (Å²) >= 11 is 5.44. The Hall–Kier alpha value is -0.630. The van der Waals surface area contributed by atoms with Gasteiger partial charge in [-0.15, -0.1) is 12.4 Å². The molecule has 1 aliphatic rings. The summed E-state index contributed by atoms with van der Waals surface area (Å²) in [7, 11) is 0. The van der Waals surface area contributed by atoms with Crippen LogP contribution in [0.4, 0.5) is 22.0 Å². The lowest BCUT2D eigenvalue weighted by atomic mass is 10.0. The SMILES string of the molecule is Cl.Fc1cc(Cl)cc(F)c1[C@@H](N1CCNCC1)C(F)(F)F. The molecule has 1 heterocycles. The zero-order valence-corrected chi connectivity index (χ0v) is 12.3. The minimum Gasteiger partial charge on any atom is -0.314 e. The lowest BCUT2D eigenvalue weighted by Crippen LogP contribution is -2.49. The molecule has 1 aromatic carbocycles. The number of benzene rings is 1. The molecule has 9 heteroatoms. The van der Waals surface area contributed by atoms with Crippen molar-refractivity contribution in [3.8, 4) is 0 Å². The fraction of sp³-hybridized carbons (Fsp3) is 0.500. The molecule has 0 aliphatic carbocycles. The van der Waals surface area contributed by atoms with E-state index in [1.165, 1.54) is 0 Å². The highest BCUT2D eigenvalue weighted by atomic mass is 35.5. The van der Waals surface area contributed by atoms with Gasteiger partial charge in [-0.25, -0.2) is 8.78 Å². The highest BCUT2D eigenvalue weighted by molar-refractivity contribution is 6.30. The largest absolute Gasteiger partial charge is 0.408 e. The Morgan fingerprint density at radius 3 is 2.00 bits per heavy atom.